The number of nitro groups is 1. The normalized spacial score (nSPS) is 11.2. The minimum Gasteiger partial charge on any atom is -0.457 e. The Morgan fingerprint density at radius 1 is 1.19 bits per heavy atom. The van der Waals surface area contributed by atoms with Crippen LogP contribution >= 0.6 is 0 Å². The van der Waals surface area contributed by atoms with E-state index in [-0.39, 0.29) is 5.69 Å². The van der Waals surface area contributed by atoms with Gasteiger partial charge in [0.05, 0.1) is 4.92 Å². The monoisotopic (exact) mass is 284 g/mol. The first kappa shape index (κ1) is 14.7. The van der Waals surface area contributed by atoms with Gasteiger partial charge in [0.15, 0.2) is 0 Å². The number of nitrogens with zero attached hydrogens (tertiary/aromatic N) is 1. The van der Waals surface area contributed by atoms with Crippen molar-refractivity contribution in [1.29, 1.82) is 0 Å². The van der Waals surface area contributed by atoms with Gasteiger partial charge in [-0.1, -0.05) is 30.3 Å². The van der Waals surface area contributed by atoms with Gasteiger partial charge in [-0.15, -0.1) is 0 Å². The van der Waals surface area contributed by atoms with Crippen molar-refractivity contribution < 1.29 is 9.66 Å². The zero-order valence-electron chi connectivity index (χ0n) is 11.7. The summed E-state index contributed by atoms with van der Waals surface area (Å²) < 4.78 is 5.84. The number of benzene rings is 2. The molecule has 5 heteroatoms. The average Bonchev–Trinajstić information content (AvgIpc) is 2.52. The van der Waals surface area contributed by atoms with Crippen molar-refractivity contribution in [2.45, 2.75) is 0 Å². The summed E-state index contributed by atoms with van der Waals surface area (Å²) in [6.45, 7) is 0.664. The highest BCUT2D eigenvalue weighted by Gasteiger charge is 2.07. The summed E-state index contributed by atoms with van der Waals surface area (Å²) in [4.78, 5) is 10.2. The van der Waals surface area contributed by atoms with Crippen LogP contribution in [0.5, 0.6) is 5.75 Å². The molecule has 5 nitrogen and oxygen atoms in total. The summed E-state index contributed by atoms with van der Waals surface area (Å²) >= 11 is 0. The highest BCUT2D eigenvalue weighted by atomic mass is 16.6. The Morgan fingerprint density at radius 2 is 1.86 bits per heavy atom. The van der Waals surface area contributed by atoms with Crippen LogP contribution in [0.1, 0.15) is 5.56 Å². The highest BCUT2D eigenvalue weighted by Crippen LogP contribution is 2.23. The van der Waals surface area contributed by atoms with E-state index in [2.05, 4.69) is 5.32 Å². The Bertz CT molecular complexity index is 622. The molecule has 0 saturated carbocycles. The Labute approximate surface area is 123 Å². The molecule has 2 rings (SSSR count). The highest BCUT2D eigenvalue weighted by molar-refractivity contribution is 5.62. The lowest BCUT2D eigenvalue weighted by atomic mass is 10.2. The largest absolute Gasteiger partial charge is 0.457 e. The third-order valence-electron chi connectivity index (χ3n) is 2.83. The first-order chi connectivity index (χ1) is 10.2. The molecule has 0 aliphatic heterocycles. The second-order valence-corrected chi connectivity index (χ2v) is 4.35. The SMILES string of the molecule is CNC/C=C(/Oc1ccc([N+](=O)[O-])cc1)c1ccccc1. The molecule has 2 aromatic rings. The van der Waals surface area contributed by atoms with Gasteiger partial charge >= 0.3 is 0 Å². The van der Waals surface area contributed by atoms with Crippen molar-refractivity contribution in [3.8, 4) is 5.75 Å². The van der Waals surface area contributed by atoms with Crippen LogP contribution in [0.15, 0.2) is 60.7 Å². The third-order valence-corrected chi connectivity index (χ3v) is 2.83. The first-order valence-electron chi connectivity index (χ1n) is 6.53. The number of ether oxygens (including phenoxy) is 1. The Morgan fingerprint density at radius 3 is 2.43 bits per heavy atom. The summed E-state index contributed by atoms with van der Waals surface area (Å²) in [5, 5.41) is 13.7. The number of non-ortho nitro benzene ring substituents is 1. The maximum atomic E-state index is 10.6. The Kier molecular flexibility index (Phi) is 5.06. The topological polar surface area (TPSA) is 64.4 Å². The lowest BCUT2D eigenvalue weighted by molar-refractivity contribution is -0.384. The molecule has 0 aromatic heterocycles. The molecule has 0 aliphatic carbocycles. The number of nitro benzene ring substituents is 1. The van der Waals surface area contributed by atoms with Crippen molar-refractivity contribution in [2.75, 3.05) is 13.6 Å². The summed E-state index contributed by atoms with van der Waals surface area (Å²) in [6.07, 6.45) is 1.93. The van der Waals surface area contributed by atoms with Crippen LogP contribution in [0.25, 0.3) is 5.76 Å². The second kappa shape index (κ2) is 7.21. The molecule has 0 bridgehead atoms. The molecule has 2 aromatic carbocycles. The van der Waals surface area contributed by atoms with Crippen LogP contribution in [-0.4, -0.2) is 18.5 Å². The molecule has 0 spiro atoms. The van der Waals surface area contributed by atoms with Crippen LogP contribution in [0.3, 0.4) is 0 Å². The van der Waals surface area contributed by atoms with E-state index >= 15 is 0 Å². The summed E-state index contributed by atoms with van der Waals surface area (Å²) in [7, 11) is 1.85. The van der Waals surface area contributed by atoms with Gasteiger partial charge in [0.25, 0.3) is 5.69 Å². The van der Waals surface area contributed by atoms with E-state index in [0.29, 0.717) is 18.1 Å². The van der Waals surface area contributed by atoms with Gasteiger partial charge < -0.3 is 10.1 Å². The molecule has 108 valence electrons. The molecule has 0 unspecified atom stereocenters. The molecule has 21 heavy (non-hydrogen) atoms. The molecule has 0 aliphatic rings. The van der Waals surface area contributed by atoms with E-state index in [9.17, 15) is 10.1 Å². The van der Waals surface area contributed by atoms with E-state index in [1.165, 1.54) is 12.1 Å². The van der Waals surface area contributed by atoms with E-state index in [0.717, 1.165) is 5.56 Å². The van der Waals surface area contributed by atoms with Gasteiger partial charge in [-0.3, -0.25) is 10.1 Å². The predicted molar refractivity (Wildman–Crippen MR) is 82.1 cm³/mol. The average molecular weight is 284 g/mol. The third kappa shape index (κ3) is 4.15. The quantitative estimate of drug-likeness (QED) is 0.502. The van der Waals surface area contributed by atoms with E-state index in [1.807, 2.05) is 43.5 Å². The van der Waals surface area contributed by atoms with Crippen LogP contribution in [0.4, 0.5) is 5.69 Å². The fourth-order valence-corrected chi connectivity index (χ4v) is 1.78. The van der Waals surface area contributed by atoms with Gasteiger partial charge in [0.2, 0.25) is 0 Å². The molecule has 0 saturated heterocycles. The smallest absolute Gasteiger partial charge is 0.269 e. The molecule has 0 heterocycles. The Hall–Kier alpha value is -2.66. The number of nitrogens with one attached hydrogen (secondary N) is 1. The molecular formula is C16H16N2O3. The molecule has 0 fully saturated rings. The van der Waals surface area contributed by atoms with Gasteiger partial charge in [-0.2, -0.15) is 0 Å². The fourth-order valence-electron chi connectivity index (χ4n) is 1.78. The first-order valence-corrected chi connectivity index (χ1v) is 6.53. The minimum atomic E-state index is -0.432. The zero-order chi connectivity index (χ0) is 15.1. The van der Waals surface area contributed by atoms with Crippen molar-refractivity contribution in [3.05, 3.63) is 76.4 Å². The van der Waals surface area contributed by atoms with Crippen LogP contribution < -0.4 is 10.1 Å². The van der Waals surface area contributed by atoms with Crippen LogP contribution in [0.2, 0.25) is 0 Å². The zero-order valence-corrected chi connectivity index (χ0v) is 11.7. The lowest BCUT2D eigenvalue weighted by Gasteiger charge is -2.10. The van der Waals surface area contributed by atoms with Crippen LogP contribution in [0, 0.1) is 10.1 Å². The maximum absolute atomic E-state index is 10.6. The fraction of sp³-hybridized carbons (Fsp3) is 0.125. The summed E-state index contributed by atoms with van der Waals surface area (Å²) in [5.74, 6) is 1.27. The standard InChI is InChI=1S/C16H16N2O3/c1-17-12-11-16(13-5-3-2-4-6-13)21-15-9-7-14(8-10-15)18(19)20/h2-11,17H,12H2,1H3/b16-11+. The van der Waals surface area contributed by atoms with E-state index in [1.54, 1.807) is 12.1 Å². The van der Waals surface area contributed by atoms with Crippen molar-refractivity contribution in [3.63, 3.8) is 0 Å². The molecule has 0 radical (unpaired) electrons. The van der Waals surface area contributed by atoms with Crippen molar-refractivity contribution in [1.82, 2.24) is 5.32 Å². The maximum Gasteiger partial charge on any atom is 0.269 e. The number of hydrogen-bond acceptors (Lipinski definition) is 4. The summed E-state index contributed by atoms with van der Waals surface area (Å²) in [5.41, 5.74) is 0.994. The van der Waals surface area contributed by atoms with Gasteiger partial charge in [-0.25, -0.2) is 0 Å². The van der Waals surface area contributed by atoms with Crippen molar-refractivity contribution >= 4 is 11.4 Å². The Balaban J connectivity index is 2.21. The van der Waals surface area contributed by atoms with E-state index < -0.39 is 4.92 Å². The van der Waals surface area contributed by atoms with Gasteiger partial charge in [-0.05, 0) is 25.3 Å². The number of hydrogen-bond donors (Lipinski definition) is 1. The molecule has 1 N–H and O–H groups in total. The molecule has 0 amide bonds. The lowest BCUT2D eigenvalue weighted by Crippen LogP contribution is -2.07. The van der Waals surface area contributed by atoms with E-state index in [4.69, 9.17) is 4.74 Å². The van der Waals surface area contributed by atoms with Crippen LogP contribution in [-0.2, 0) is 0 Å². The van der Waals surface area contributed by atoms with Crippen molar-refractivity contribution in [2.24, 2.45) is 0 Å². The number of likely N-dealkylation sites (N-methyl/N-ethyl adjacent to an activating group) is 1. The number of rotatable bonds is 6. The van der Waals surface area contributed by atoms with Gasteiger partial charge in [0, 0.05) is 24.2 Å². The molecular weight excluding hydrogens is 268 g/mol. The molecule has 0 atom stereocenters. The predicted octanol–water partition coefficient (Wildman–Crippen LogP) is 3.23. The minimum absolute atomic E-state index is 0.0443. The summed E-state index contributed by atoms with van der Waals surface area (Å²) in [6, 6.07) is 15.7. The van der Waals surface area contributed by atoms with Gasteiger partial charge in [0.1, 0.15) is 11.5 Å². The second-order valence-electron chi connectivity index (χ2n) is 4.35.